The highest BCUT2D eigenvalue weighted by Crippen LogP contribution is 2.30. The second kappa shape index (κ2) is 3.35. The summed E-state index contributed by atoms with van der Waals surface area (Å²) >= 11 is 0. The van der Waals surface area contributed by atoms with Crippen molar-refractivity contribution in [3.63, 3.8) is 0 Å². The zero-order valence-electron chi connectivity index (χ0n) is 9.70. The highest BCUT2D eigenvalue weighted by Gasteiger charge is 2.15. The Balaban J connectivity index is 2.32. The Morgan fingerprint density at radius 1 is 1.12 bits per heavy atom. The minimum absolute atomic E-state index is 0.730. The maximum Gasteiger partial charge on any atom is 0.104 e. The molecule has 0 aliphatic carbocycles. The summed E-state index contributed by atoms with van der Waals surface area (Å²) in [5.74, 6) is 0. The molecule has 0 amide bonds. The van der Waals surface area contributed by atoms with Crippen LogP contribution in [0.1, 0.15) is 11.4 Å². The fraction of sp³-hybridized carbons (Fsp3) is 0.167. The van der Waals surface area contributed by atoms with Crippen LogP contribution >= 0.6 is 0 Å². The molecule has 0 unspecified atom stereocenters. The van der Waals surface area contributed by atoms with Crippen molar-refractivity contribution in [3.8, 4) is 11.3 Å². The highest BCUT2D eigenvalue weighted by atomic mass is 15.1. The number of hydrogen-bond acceptors (Lipinski definition) is 3. The first-order valence-electron chi connectivity index (χ1n) is 5.42. The first-order valence-corrected chi connectivity index (χ1v) is 5.42. The van der Waals surface area contributed by atoms with Crippen LogP contribution in [0.5, 0.6) is 0 Å². The minimum atomic E-state index is 0.730. The molecule has 0 fully saturated rings. The first kappa shape index (κ1) is 9.89. The number of fused-ring (bicyclic) bond motifs is 1. The number of nitrogens with zero attached hydrogens (tertiary/aromatic N) is 2. The van der Waals surface area contributed by atoms with E-state index < -0.39 is 0 Å². The number of nitrogens with two attached hydrogens (primary N) is 1. The van der Waals surface area contributed by atoms with E-state index in [1.165, 1.54) is 0 Å². The smallest absolute Gasteiger partial charge is 0.104 e. The van der Waals surface area contributed by atoms with Crippen LogP contribution in [0.15, 0.2) is 18.2 Å². The minimum Gasteiger partial charge on any atom is -0.399 e. The van der Waals surface area contributed by atoms with Crippen LogP contribution in [0.2, 0.25) is 0 Å². The number of aromatic amines is 2. The average Bonchev–Trinajstić information content (AvgIpc) is 2.83. The molecule has 4 N–H and O–H groups in total. The summed E-state index contributed by atoms with van der Waals surface area (Å²) in [5.41, 5.74) is 11.4. The first-order chi connectivity index (χ1) is 8.16. The number of aryl methyl sites for hydroxylation is 2. The predicted octanol–water partition coefficient (Wildman–Crippen LogP) is 2.15. The van der Waals surface area contributed by atoms with Crippen molar-refractivity contribution in [2.24, 2.45) is 0 Å². The van der Waals surface area contributed by atoms with Gasteiger partial charge in [0.15, 0.2) is 0 Å². The van der Waals surface area contributed by atoms with Crippen molar-refractivity contribution in [2.75, 3.05) is 5.73 Å². The van der Waals surface area contributed by atoms with E-state index in [0.29, 0.717) is 0 Å². The third-order valence-electron chi connectivity index (χ3n) is 2.95. The van der Waals surface area contributed by atoms with Gasteiger partial charge in [0.1, 0.15) is 5.69 Å². The second-order valence-electron chi connectivity index (χ2n) is 4.19. The van der Waals surface area contributed by atoms with Crippen molar-refractivity contribution in [2.45, 2.75) is 13.8 Å². The van der Waals surface area contributed by atoms with E-state index in [9.17, 15) is 0 Å². The summed E-state index contributed by atoms with van der Waals surface area (Å²) in [5, 5.41) is 15.6. The standard InChI is InChI=1S/C12H13N5/c1-6-11(7(2)15-14-6)12-9-4-3-8(13)5-10(9)16-17-12/h3-5H,13H2,1-2H3,(H,14,15)(H,16,17). The molecule has 1 aromatic carbocycles. The van der Waals surface area contributed by atoms with Gasteiger partial charge in [-0.05, 0) is 32.0 Å². The SMILES string of the molecule is Cc1n[nH]c(C)c1-c1n[nH]c2cc(N)ccc12. The van der Waals surface area contributed by atoms with Gasteiger partial charge in [-0.3, -0.25) is 10.2 Å². The van der Waals surface area contributed by atoms with Gasteiger partial charge < -0.3 is 5.73 Å². The zero-order valence-corrected chi connectivity index (χ0v) is 9.70. The third-order valence-corrected chi connectivity index (χ3v) is 2.95. The third kappa shape index (κ3) is 1.39. The number of hydrogen-bond donors (Lipinski definition) is 3. The molecule has 0 atom stereocenters. The van der Waals surface area contributed by atoms with Crippen LogP contribution in [0.3, 0.4) is 0 Å². The monoisotopic (exact) mass is 227 g/mol. The number of nitrogens with one attached hydrogen (secondary N) is 2. The molecular weight excluding hydrogens is 214 g/mol. The van der Waals surface area contributed by atoms with Gasteiger partial charge in [0.05, 0.1) is 11.2 Å². The number of benzene rings is 1. The van der Waals surface area contributed by atoms with Gasteiger partial charge in [-0.1, -0.05) is 0 Å². The normalized spacial score (nSPS) is 11.2. The molecule has 0 spiro atoms. The topological polar surface area (TPSA) is 83.4 Å². The molecule has 0 bridgehead atoms. The number of H-pyrrole nitrogens is 2. The number of nitrogen functional groups attached to an aromatic ring is 1. The van der Waals surface area contributed by atoms with Gasteiger partial charge in [-0.15, -0.1) is 0 Å². The van der Waals surface area contributed by atoms with Gasteiger partial charge >= 0.3 is 0 Å². The summed E-state index contributed by atoms with van der Waals surface area (Å²) in [7, 11) is 0. The number of anilines is 1. The van der Waals surface area contributed by atoms with Crippen LogP contribution in [-0.2, 0) is 0 Å². The Morgan fingerprint density at radius 2 is 1.94 bits per heavy atom. The number of rotatable bonds is 1. The maximum atomic E-state index is 5.75. The Morgan fingerprint density at radius 3 is 2.65 bits per heavy atom. The van der Waals surface area contributed by atoms with Crippen molar-refractivity contribution in [1.29, 1.82) is 0 Å². The van der Waals surface area contributed by atoms with Crippen molar-refractivity contribution >= 4 is 16.6 Å². The lowest BCUT2D eigenvalue weighted by atomic mass is 10.1. The van der Waals surface area contributed by atoms with E-state index in [1.807, 2.05) is 32.0 Å². The molecule has 86 valence electrons. The van der Waals surface area contributed by atoms with Gasteiger partial charge in [0.2, 0.25) is 0 Å². The van der Waals surface area contributed by atoms with Crippen molar-refractivity contribution < 1.29 is 0 Å². The lowest BCUT2D eigenvalue weighted by Crippen LogP contribution is -1.84. The molecular formula is C12H13N5. The van der Waals surface area contributed by atoms with Gasteiger partial charge in [-0.25, -0.2) is 0 Å². The molecule has 5 nitrogen and oxygen atoms in total. The molecule has 2 aromatic heterocycles. The van der Waals surface area contributed by atoms with Gasteiger partial charge in [0.25, 0.3) is 0 Å². The molecule has 5 heteroatoms. The zero-order chi connectivity index (χ0) is 12.0. The summed E-state index contributed by atoms with van der Waals surface area (Å²) in [4.78, 5) is 0. The largest absolute Gasteiger partial charge is 0.399 e. The molecule has 0 aliphatic rings. The Hall–Kier alpha value is -2.30. The molecule has 0 aliphatic heterocycles. The molecule has 17 heavy (non-hydrogen) atoms. The molecule has 3 rings (SSSR count). The van der Waals surface area contributed by atoms with Gasteiger partial charge in [0, 0.05) is 22.3 Å². The molecule has 0 radical (unpaired) electrons. The fourth-order valence-electron chi connectivity index (χ4n) is 2.13. The molecule has 3 aromatic rings. The lowest BCUT2D eigenvalue weighted by Gasteiger charge is -1.98. The van der Waals surface area contributed by atoms with E-state index in [-0.39, 0.29) is 0 Å². The van der Waals surface area contributed by atoms with Crippen molar-refractivity contribution in [1.82, 2.24) is 20.4 Å². The van der Waals surface area contributed by atoms with E-state index in [1.54, 1.807) is 0 Å². The predicted molar refractivity (Wildman–Crippen MR) is 67.6 cm³/mol. The molecule has 0 saturated carbocycles. The Labute approximate surface area is 98.0 Å². The van der Waals surface area contributed by atoms with E-state index >= 15 is 0 Å². The molecule has 0 saturated heterocycles. The van der Waals surface area contributed by atoms with Crippen LogP contribution in [0.25, 0.3) is 22.2 Å². The second-order valence-corrected chi connectivity index (χ2v) is 4.19. The summed E-state index contributed by atoms with van der Waals surface area (Å²) in [6.07, 6.45) is 0. The van der Waals surface area contributed by atoms with Crippen LogP contribution in [0, 0.1) is 13.8 Å². The Bertz CT molecular complexity index is 673. The quantitative estimate of drug-likeness (QED) is 0.557. The fourth-order valence-corrected chi connectivity index (χ4v) is 2.13. The summed E-state index contributed by atoms with van der Waals surface area (Å²) in [6.45, 7) is 3.96. The summed E-state index contributed by atoms with van der Waals surface area (Å²) < 4.78 is 0. The van der Waals surface area contributed by atoms with Crippen molar-refractivity contribution in [3.05, 3.63) is 29.6 Å². The van der Waals surface area contributed by atoms with Crippen LogP contribution in [-0.4, -0.2) is 20.4 Å². The van der Waals surface area contributed by atoms with E-state index in [0.717, 1.165) is 39.2 Å². The van der Waals surface area contributed by atoms with E-state index in [2.05, 4.69) is 20.4 Å². The highest BCUT2D eigenvalue weighted by molar-refractivity contribution is 5.95. The Kier molecular flexibility index (Phi) is 1.95. The lowest BCUT2D eigenvalue weighted by molar-refractivity contribution is 1.02. The average molecular weight is 227 g/mol. The maximum absolute atomic E-state index is 5.75. The molecule has 2 heterocycles. The number of aromatic nitrogens is 4. The van der Waals surface area contributed by atoms with E-state index in [4.69, 9.17) is 5.73 Å². The van der Waals surface area contributed by atoms with Gasteiger partial charge in [-0.2, -0.15) is 10.2 Å². The summed E-state index contributed by atoms with van der Waals surface area (Å²) in [6, 6.07) is 5.75. The van der Waals surface area contributed by atoms with Crippen LogP contribution in [0.4, 0.5) is 5.69 Å². The van der Waals surface area contributed by atoms with Crippen LogP contribution < -0.4 is 5.73 Å².